The lowest BCUT2D eigenvalue weighted by Crippen LogP contribution is -2.52. The van der Waals surface area contributed by atoms with Crippen molar-refractivity contribution in [1.82, 2.24) is 10.2 Å². The number of nitrogens with one attached hydrogen (secondary N) is 1. The van der Waals surface area contributed by atoms with Gasteiger partial charge in [-0.05, 0) is 61.7 Å². The summed E-state index contributed by atoms with van der Waals surface area (Å²) in [6.07, 6.45) is 1.89. The van der Waals surface area contributed by atoms with E-state index in [1.54, 1.807) is 37.3 Å². The number of para-hydroxylation sites is 1. The average Bonchev–Trinajstić information content (AvgIpc) is 2.94. The second kappa shape index (κ2) is 14.7. The molecule has 220 valence electrons. The van der Waals surface area contributed by atoms with E-state index in [0.29, 0.717) is 17.1 Å². The third-order valence-electron chi connectivity index (χ3n) is 6.56. The number of nitrogens with zero attached hydrogens (tertiary/aromatic N) is 2. The summed E-state index contributed by atoms with van der Waals surface area (Å²) in [5, 5.41) is 3.46. The van der Waals surface area contributed by atoms with Gasteiger partial charge in [-0.15, -0.1) is 0 Å². The first kappa shape index (κ1) is 32.4. The number of hydrogen-bond donors (Lipinski definition) is 1. The molecule has 3 aromatic rings. The van der Waals surface area contributed by atoms with Gasteiger partial charge >= 0.3 is 0 Å². The Morgan fingerprint density at radius 1 is 0.976 bits per heavy atom. The number of rotatable bonds is 13. The molecule has 41 heavy (non-hydrogen) atoms. The number of unbranched alkanes of at least 4 members (excludes halogenated alkanes) is 1. The van der Waals surface area contributed by atoms with E-state index in [1.807, 2.05) is 13.8 Å². The van der Waals surface area contributed by atoms with Crippen LogP contribution in [-0.2, 0) is 26.2 Å². The normalized spacial score (nSPS) is 12.0. The van der Waals surface area contributed by atoms with Crippen LogP contribution in [0, 0.1) is 12.7 Å². The van der Waals surface area contributed by atoms with Crippen molar-refractivity contribution in [3.8, 4) is 0 Å². The van der Waals surface area contributed by atoms with Gasteiger partial charge in [-0.3, -0.25) is 13.9 Å². The molecule has 0 bridgehead atoms. The molecule has 0 radical (unpaired) electrons. The SMILES string of the molecule is CCCCNC(=O)[C@H](CC)N(Cc1ccc(Cl)c(Cl)c1)C(=O)CN(c1ccccc1F)S(=O)(=O)c1ccc(C)cc1. The molecule has 0 fully saturated rings. The number of aryl methyl sites for hydroxylation is 1. The molecule has 7 nitrogen and oxygen atoms in total. The zero-order valence-electron chi connectivity index (χ0n) is 23.2. The highest BCUT2D eigenvalue weighted by molar-refractivity contribution is 7.92. The number of carbonyl (C=O) groups excluding carboxylic acids is 2. The van der Waals surface area contributed by atoms with Crippen LogP contribution in [-0.4, -0.2) is 44.3 Å². The zero-order chi connectivity index (χ0) is 30.2. The first-order valence-electron chi connectivity index (χ1n) is 13.3. The van der Waals surface area contributed by atoms with E-state index >= 15 is 4.39 Å². The molecule has 11 heteroatoms. The Morgan fingerprint density at radius 3 is 2.27 bits per heavy atom. The van der Waals surface area contributed by atoms with Gasteiger partial charge in [0.2, 0.25) is 11.8 Å². The Balaban J connectivity index is 2.06. The predicted molar refractivity (Wildman–Crippen MR) is 161 cm³/mol. The molecule has 1 N–H and O–H groups in total. The van der Waals surface area contributed by atoms with Gasteiger partial charge in [0.05, 0.1) is 20.6 Å². The lowest BCUT2D eigenvalue weighted by Gasteiger charge is -2.33. The highest BCUT2D eigenvalue weighted by atomic mass is 35.5. The number of carbonyl (C=O) groups is 2. The third kappa shape index (κ3) is 8.21. The van der Waals surface area contributed by atoms with Crippen LogP contribution in [0.25, 0.3) is 0 Å². The summed E-state index contributed by atoms with van der Waals surface area (Å²) in [5.74, 6) is -1.86. The van der Waals surface area contributed by atoms with Crippen molar-refractivity contribution in [3.05, 3.63) is 93.7 Å². The molecule has 2 amide bonds. The highest BCUT2D eigenvalue weighted by Crippen LogP contribution is 2.28. The summed E-state index contributed by atoms with van der Waals surface area (Å²) in [6, 6.07) is 15.3. The standard InChI is InChI=1S/C30H34Cl2FN3O4S/c1-4-6-17-34-30(38)27(5-2)35(19-22-13-16-24(31)25(32)18-22)29(37)20-36(28-10-8-7-9-26(28)33)41(39,40)23-14-11-21(3)12-15-23/h7-16,18,27H,4-6,17,19-20H2,1-3H3,(H,34,38)/t27-/m0/s1. The number of hydrogen-bond acceptors (Lipinski definition) is 4. The largest absolute Gasteiger partial charge is 0.354 e. The van der Waals surface area contributed by atoms with Crippen molar-refractivity contribution < 1.29 is 22.4 Å². The smallest absolute Gasteiger partial charge is 0.264 e. The van der Waals surface area contributed by atoms with E-state index in [-0.39, 0.29) is 34.5 Å². The fraction of sp³-hybridized carbons (Fsp3) is 0.333. The van der Waals surface area contributed by atoms with E-state index in [0.717, 1.165) is 28.8 Å². The van der Waals surface area contributed by atoms with E-state index in [9.17, 15) is 18.0 Å². The predicted octanol–water partition coefficient (Wildman–Crippen LogP) is 6.36. The Hall–Kier alpha value is -3.14. The van der Waals surface area contributed by atoms with E-state index in [1.165, 1.54) is 35.2 Å². The van der Waals surface area contributed by atoms with Crippen LogP contribution in [0.15, 0.2) is 71.6 Å². The maximum Gasteiger partial charge on any atom is 0.264 e. The summed E-state index contributed by atoms with van der Waals surface area (Å²) in [6.45, 7) is 5.21. The first-order chi connectivity index (χ1) is 19.5. The number of benzene rings is 3. The maximum absolute atomic E-state index is 15.0. The monoisotopic (exact) mass is 621 g/mol. The van der Waals surface area contributed by atoms with E-state index in [2.05, 4.69) is 5.32 Å². The van der Waals surface area contributed by atoms with Crippen LogP contribution in [0.3, 0.4) is 0 Å². The zero-order valence-corrected chi connectivity index (χ0v) is 25.6. The van der Waals surface area contributed by atoms with Crippen LogP contribution in [0.2, 0.25) is 10.0 Å². The van der Waals surface area contributed by atoms with Crippen molar-refractivity contribution in [2.45, 2.75) is 57.5 Å². The summed E-state index contributed by atoms with van der Waals surface area (Å²) in [5.41, 5.74) is 1.15. The van der Waals surface area contributed by atoms with Crippen LogP contribution in [0.1, 0.15) is 44.2 Å². The molecule has 0 spiro atoms. The van der Waals surface area contributed by atoms with Crippen LogP contribution < -0.4 is 9.62 Å². The molecule has 0 aliphatic rings. The van der Waals surface area contributed by atoms with E-state index in [4.69, 9.17) is 23.2 Å². The molecule has 0 aliphatic heterocycles. The number of halogens is 3. The summed E-state index contributed by atoms with van der Waals surface area (Å²) < 4.78 is 43.4. The maximum atomic E-state index is 15.0. The molecule has 1 atom stereocenters. The Morgan fingerprint density at radius 2 is 1.66 bits per heavy atom. The molecule has 0 unspecified atom stereocenters. The van der Waals surface area contributed by atoms with Crippen molar-refractivity contribution in [1.29, 1.82) is 0 Å². The minimum Gasteiger partial charge on any atom is -0.354 e. The molecule has 0 aliphatic carbocycles. The molecule has 3 aromatic carbocycles. The first-order valence-corrected chi connectivity index (χ1v) is 15.5. The molecule has 0 aromatic heterocycles. The second-order valence-electron chi connectivity index (χ2n) is 9.61. The van der Waals surface area contributed by atoms with Gasteiger partial charge < -0.3 is 10.2 Å². The van der Waals surface area contributed by atoms with Crippen molar-refractivity contribution in [3.63, 3.8) is 0 Å². The number of anilines is 1. The lowest BCUT2D eigenvalue weighted by molar-refractivity contribution is -0.140. The van der Waals surface area contributed by atoms with Crippen LogP contribution >= 0.6 is 23.2 Å². The number of sulfonamides is 1. The van der Waals surface area contributed by atoms with Gasteiger partial charge in [-0.2, -0.15) is 0 Å². The van der Waals surface area contributed by atoms with Crippen molar-refractivity contribution in [2.75, 3.05) is 17.4 Å². The quantitative estimate of drug-likeness (QED) is 0.225. The highest BCUT2D eigenvalue weighted by Gasteiger charge is 2.34. The Bertz CT molecular complexity index is 1470. The summed E-state index contributed by atoms with van der Waals surface area (Å²) >= 11 is 12.3. The van der Waals surface area contributed by atoms with Gasteiger partial charge in [0, 0.05) is 13.1 Å². The van der Waals surface area contributed by atoms with Gasteiger partial charge in [0.15, 0.2) is 0 Å². The van der Waals surface area contributed by atoms with Gasteiger partial charge in [-0.1, -0.05) is 79.4 Å². The Labute approximate surface area is 251 Å². The molecule has 0 heterocycles. The van der Waals surface area contributed by atoms with Crippen LogP contribution in [0.4, 0.5) is 10.1 Å². The topological polar surface area (TPSA) is 86.8 Å². The minimum absolute atomic E-state index is 0.0505. The Kier molecular flexibility index (Phi) is 11.6. The van der Waals surface area contributed by atoms with Gasteiger partial charge in [0.25, 0.3) is 10.0 Å². The fourth-order valence-electron chi connectivity index (χ4n) is 4.27. The van der Waals surface area contributed by atoms with Crippen molar-refractivity contribution >= 4 is 50.7 Å². The second-order valence-corrected chi connectivity index (χ2v) is 12.3. The van der Waals surface area contributed by atoms with Crippen molar-refractivity contribution in [2.24, 2.45) is 0 Å². The van der Waals surface area contributed by atoms with Gasteiger partial charge in [-0.25, -0.2) is 12.8 Å². The van der Waals surface area contributed by atoms with Gasteiger partial charge in [0.1, 0.15) is 18.4 Å². The average molecular weight is 623 g/mol. The summed E-state index contributed by atoms with van der Waals surface area (Å²) in [4.78, 5) is 28.4. The third-order valence-corrected chi connectivity index (χ3v) is 9.07. The summed E-state index contributed by atoms with van der Waals surface area (Å²) in [7, 11) is -4.37. The molecule has 3 rings (SSSR count). The lowest BCUT2D eigenvalue weighted by atomic mass is 10.1. The minimum atomic E-state index is -4.37. The number of amides is 2. The molecular formula is C30H34Cl2FN3O4S. The molecule has 0 saturated carbocycles. The molecule has 0 saturated heterocycles. The van der Waals surface area contributed by atoms with Crippen LogP contribution in [0.5, 0.6) is 0 Å². The van der Waals surface area contributed by atoms with E-state index < -0.39 is 34.3 Å². The fourth-order valence-corrected chi connectivity index (χ4v) is 6.01. The molecular weight excluding hydrogens is 588 g/mol.